The Kier molecular flexibility index (Phi) is 14.6. The highest BCUT2D eigenvalue weighted by atomic mass is 35.5. The molecule has 150 valence electrons. The molecule has 0 saturated heterocycles. The summed E-state index contributed by atoms with van der Waals surface area (Å²) in [4.78, 5) is 0. The van der Waals surface area contributed by atoms with Gasteiger partial charge in [0.15, 0.2) is 0 Å². The van der Waals surface area contributed by atoms with Crippen LogP contribution in [0.1, 0.15) is 96.8 Å². The monoisotopic (exact) mass is 420 g/mol. The molecular formula is C22H35Cl3O. The van der Waals surface area contributed by atoms with Crippen LogP contribution >= 0.6 is 34.8 Å². The van der Waals surface area contributed by atoms with E-state index < -0.39 is 0 Å². The third kappa shape index (κ3) is 11.6. The minimum atomic E-state index is 0.459. The van der Waals surface area contributed by atoms with Crippen molar-refractivity contribution in [1.29, 1.82) is 0 Å². The number of hydrogen-bond donors (Lipinski definition) is 0. The van der Waals surface area contributed by atoms with Crippen molar-refractivity contribution in [1.82, 2.24) is 0 Å². The van der Waals surface area contributed by atoms with Gasteiger partial charge in [0.1, 0.15) is 5.75 Å². The van der Waals surface area contributed by atoms with Crippen LogP contribution in [0.15, 0.2) is 12.1 Å². The van der Waals surface area contributed by atoms with Crippen LogP contribution in [-0.2, 0) is 0 Å². The van der Waals surface area contributed by atoms with E-state index in [1.807, 2.05) is 0 Å². The van der Waals surface area contributed by atoms with Crippen LogP contribution < -0.4 is 4.74 Å². The zero-order valence-electron chi connectivity index (χ0n) is 16.3. The molecule has 1 aromatic rings. The topological polar surface area (TPSA) is 9.23 Å². The molecule has 0 aliphatic rings. The van der Waals surface area contributed by atoms with E-state index in [0.717, 1.165) is 6.42 Å². The molecule has 0 amide bonds. The van der Waals surface area contributed by atoms with E-state index in [9.17, 15) is 0 Å². The van der Waals surface area contributed by atoms with Crippen molar-refractivity contribution in [2.45, 2.75) is 96.8 Å². The number of rotatable bonds is 16. The summed E-state index contributed by atoms with van der Waals surface area (Å²) in [5, 5.41) is 1.46. The first kappa shape index (κ1) is 23.9. The van der Waals surface area contributed by atoms with E-state index in [-0.39, 0.29) is 0 Å². The van der Waals surface area contributed by atoms with Crippen LogP contribution in [0.5, 0.6) is 5.75 Å². The minimum Gasteiger partial charge on any atom is -0.492 e. The Labute approximate surface area is 175 Å². The van der Waals surface area contributed by atoms with Gasteiger partial charge in [-0.2, -0.15) is 0 Å². The summed E-state index contributed by atoms with van der Waals surface area (Å²) in [5.74, 6) is 0.621. The van der Waals surface area contributed by atoms with Crippen molar-refractivity contribution in [3.8, 4) is 5.75 Å². The van der Waals surface area contributed by atoms with E-state index >= 15 is 0 Å². The maximum Gasteiger partial charge on any atom is 0.139 e. The van der Waals surface area contributed by atoms with Gasteiger partial charge in [0, 0.05) is 6.07 Å². The largest absolute Gasteiger partial charge is 0.492 e. The lowest BCUT2D eigenvalue weighted by Crippen LogP contribution is -1.98. The third-order valence-corrected chi connectivity index (χ3v) is 5.75. The van der Waals surface area contributed by atoms with Crippen LogP contribution in [0.25, 0.3) is 0 Å². The molecule has 1 rings (SSSR count). The van der Waals surface area contributed by atoms with Crippen LogP contribution in [0, 0.1) is 0 Å². The standard InChI is InChI=1S/C22H35Cl3O/c1-2-3-4-5-6-7-8-9-10-11-12-13-14-15-16-26-22-18-20(24)19(23)17-21(22)25/h17-18H,2-16H2,1H3. The first-order chi connectivity index (χ1) is 12.6. The molecule has 0 unspecified atom stereocenters. The van der Waals surface area contributed by atoms with E-state index in [4.69, 9.17) is 39.5 Å². The van der Waals surface area contributed by atoms with Gasteiger partial charge in [-0.05, 0) is 12.5 Å². The molecule has 0 fully saturated rings. The molecule has 0 N–H and O–H groups in total. The Bertz CT molecular complexity index is 477. The Hall–Kier alpha value is -0.110. The second-order valence-corrected chi connectivity index (χ2v) is 8.36. The Morgan fingerprint density at radius 1 is 0.577 bits per heavy atom. The molecular weight excluding hydrogens is 387 g/mol. The van der Waals surface area contributed by atoms with E-state index in [1.54, 1.807) is 12.1 Å². The maximum absolute atomic E-state index is 6.10. The molecule has 4 heteroatoms. The first-order valence-electron chi connectivity index (χ1n) is 10.4. The van der Waals surface area contributed by atoms with Crippen molar-refractivity contribution in [3.05, 3.63) is 27.2 Å². The second kappa shape index (κ2) is 15.9. The van der Waals surface area contributed by atoms with Gasteiger partial charge in [-0.15, -0.1) is 0 Å². The zero-order valence-corrected chi connectivity index (χ0v) is 18.6. The number of unbranched alkanes of at least 4 members (excludes halogenated alkanes) is 13. The highest BCUT2D eigenvalue weighted by Gasteiger charge is 2.06. The molecule has 0 atom stereocenters. The fourth-order valence-electron chi connectivity index (χ4n) is 3.09. The number of ether oxygens (including phenoxy) is 1. The van der Waals surface area contributed by atoms with Crippen LogP contribution in [0.2, 0.25) is 15.1 Å². The summed E-state index contributed by atoms with van der Waals surface area (Å²) >= 11 is 18.0. The van der Waals surface area contributed by atoms with Crippen molar-refractivity contribution in [3.63, 3.8) is 0 Å². The van der Waals surface area contributed by atoms with E-state index in [0.29, 0.717) is 27.4 Å². The van der Waals surface area contributed by atoms with Gasteiger partial charge in [0.2, 0.25) is 0 Å². The van der Waals surface area contributed by atoms with Crippen molar-refractivity contribution < 1.29 is 4.74 Å². The summed E-state index contributed by atoms with van der Waals surface area (Å²) in [6, 6.07) is 3.32. The number of halogens is 3. The fourth-order valence-corrected chi connectivity index (χ4v) is 3.69. The Morgan fingerprint density at radius 3 is 1.50 bits per heavy atom. The zero-order chi connectivity index (χ0) is 19.0. The average Bonchev–Trinajstić information content (AvgIpc) is 2.62. The summed E-state index contributed by atoms with van der Waals surface area (Å²) < 4.78 is 5.70. The third-order valence-electron chi connectivity index (χ3n) is 4.73. The lowest BCUT2D eigenvalue weighted by Gasteiger charge is -2.09. The molecule has 0 radical (unpaired) electrons. The molecule has 0 aliphatic carbocycles. The van der Waals surface area contributed by atoms with Gasteiger partial charge >= 0.3 is 0 Å². The van der Waals surface area contributed by atoms with Crippen molar-refractivity contribution in [2.75, 3.05) is 6.61 Å². The number of benzene rings is 1. The van der Waals surface area contributed by atoms with Gasteiger partial charge in [-0.3, -0.25) is 0 Å². The van der Waals surface area contributed by atoms with Crippen molar-refractivity contribution in [2.24, 2.45) is 0 Å². The first-order valence-corrected chi connectivity index (χ1v) is 11.6. The molecule has 26 heavy (non-hydrogen) atoms. The highest BCUT2D eigenvalue weighted by molar-refractivity contribution is 6.43. The van der Waals surface area contributed by atoms with Gasteiger partial charge in [-0.1, -0.05) is 125 Å². The molecule has 0 aromatic heterocycles. The smallest absolute Gasteiger partial charge is 0.139 e. The molecule has 0 bridgehead atoms. The molecule has 0 heterocycles. The minimum absolute atomic E-state index is 0.459. The van der Waals surface area contributed by atoms with Gasteiger partial charge in [0.25, 0.3) is 0 Å². The quantitative estimate of drug-likeness (QED) is 0.191. The van der Waals surface area contributed by atoms with Crippen LogP contribution in [-0.4, -0.2) is 6.61 Å². The molecule has 1 nitrogen and oxygen atoms in total. The summed E-state index contributed by atoms with van der Waals surface area (Å²) in [7, 11) is 0. The van der Waals surface area contributed by atoms with Crippen LogP contribution in [0.4, 0.5) is 0 Å². The maximum atomic E-state index is 6.10. The Balaban J connectivity index is 1.87. The van der Waals surface area contributed by atoms with Crippen molar-refractivity contribution >= 4 is 34.8 Å². The SMILES string of the molecule is CCCCCCCCCCCCCCCCOc1cc(Cl)c(Cl)cc1Cl. The molecule has 1 aromatic carbocycles. The van der Waals surface area contributed by atoms with Gasteiger partial charge < -0.3 is 4.74 Å². The van der Waals surface area contributed by atoms with Crippen LogP contribution in [0.3, 0.4) is 0 Å². The lowest BCUT2D eigenvalue weighted by atomic mass is 10.0. The number of hydrogen-bond acceptors (Lipinski definition) is 1. The summed E-state index contributed by atoms with van der Waals surface area (Å²) in [5.41, 5.74) is 0. The average molecular weight is 422 g/mol. The van der Waals surface area contributed by atoms with E-state index in [1.165, 1.54) is 83.5 Å². The summed E-state index contributed by atoms with van der Waals surface area (Å²) in [6.07, 6.45) is 18.9. The molecule has 0 spiro atoms. The highest BCUT2D eigenvalue weighted by Crippen LogP contribution is 2.33. The van der Waals surface area contributed by atoms with Gasteiger partial charge in [-0.25, -0.2) is 0 Å². The second-order valence-electron chi connectivity index (χ2n) is 7.14. The van der Waals surface area contributed by atoms with E-state index in [2.05, 4.69) is 6.92 Å². The fraction of sp³-hybridized carbons (Fsp3) is 0.727. The van der Waals surface area contributed by atoms with Gasteiger partial charge in [0.05, 0.1) is 21.7 Å². The Morgan fingerprint density at radius 2 is 1.00 bits per heavy atom. The molecule has 0 aliphatic heterocycles. The lowest BCUT2D eigenvalue weighted by molar-refractivity contribution is 0.304. The predicted octanol–water partition coefficient (Wildman–Crippen LogP) is 9.51. The normalized spacial score (nSPS) is 11.1. The molecule has 0 saturated carbocycles. The predicted molar refractivity (Wildman–Crippen MR) is 117 cm³/mol. The summed E-state index contributed by atoms with van der Waals surface area (Å²) in [6.45, 7) is 2.95.